The van der Waals surface area contributed by atoms with Gasteiger partial charge in [-0.1, -0.05) is 18.2 Å². The van der Waals surface area contributed by atoms with E-state index >= 15 is 0 Å². The van der Waals surface area contributed by atoms with Crippen molar-refractivity contribution in [1.29, 1.82) is 0 Å². The van der Waals surface area contributed by atoms with Crippen LogP contribution in [-0.4, -0.2) is 27.9 Å². The van der Waals surface area contributed by atoms with Crippen molar-refractivity contribution in [3.63, 3.8) is 0 Å². The first-order valence-electron chi connectivity index (χ1n) is 5.38. The Kier molecular flexibility index (Phi) is 4.61. The van der Waals surface area contributed by atoms with Crippen molar-refractivity contribution in [3.05, 3.63) is 30.3 Å². The quantitative estimate of drug-likeness (QED) is 0.630. The molecule has 5 nitrogen and oxygen atoms in total. The van der Waals surface area contributed by atoms with Crippen LogP contribution in [0.15, 0.2) is 30.3 Å². The number of anilines is 1. The van der Waals surface area contributed by atoms with E-state index in [2.05, 4.69) is 23.3 Å². The Morgan fingerprint density at radius 1 is 1.28 bits per heavy atom. The monoisotopic (exact) mass is 268 g/mol. The maximum atomic E-state index is 11.7. The molecule has 0 heterocycles. The topological polar surface area (TPSA) is 78.4 Å². The summed E-state index contributed by atoms with van der Waals surface area (Å²) >= 11 is 4.17. The van der Waals surface area contributed by atoms with Gasteiger partial charge >= 0.3 is 12.0 Å². The normalized spacial score (nSPS) is 12.6. The number of hydrogen-bond donors (Lipinski definition) is 4. The van der Waals surface area contributed by atoms with Crippen LogP contribution in [0.4, 0.5) is 10.5 Å². The third-order valence-electron chi connectivity index (χ3n) is 2.26. The van der Waals surface area contributed by atoms with Gasteiger partial charge in [-0.15, -0.1) is 0 Å². The van der Waals surface area contributed by atoms with Crippen LogP contribution in [0.1, 0.15) is 13.8 Å². The fourth-order valence-electron chi connectivity index (χ4n) is 1.36. The number of carbonyl (C=O) groups excluding carboxylic acids is 1. The van der Waals surface area contributed by atoms with E-state index in [4.69, 9.17) is 5.11 Å². The minimum atomic E-state index is -1.13. The average molecular weight is 268 g/mol. The van der Waals surface area contributed by atoms with Gasteiger partial charge in [-0.2, -0.15) is 12.6 Å². The van der Waals surface area contributed by atoms with Gasteiger partial charge in [-0.3, -0.25) is 0 Å². The highest BCUT2D eigenvalue weighted by molar-refractivity contribution is 7.81. The van der Waals surface area contributed by atoms with Crippen LogP contribution in [0.2, 0.25) is 0 Å². The van der Waals surface area contributed by atoms with Crippen LogP contribution in [0.3, 0.4) is 0 Å². The van der Waals surface area contributed by atoms with Crippen molar-refractivity contribution in [2.24, 2.45) is 0 Å². The summed E-state index contributed by atoms with van der Waals surface area (Å²) in [7, 11) is 0. The van der Waals surface area contributed by atoms with Gasteiger partial charge in [0, 0.05) is 10.4 Å². The zero-order chi connectivity index (χ0) is 13.8. The number of urea groups is 1. The number of nitrogens with one attached hydrogen (secondary N) is 2. The van der Waals surface area contributed by atoms with Crippen LogP contribution in [-0.2, 0) is 4.79 Å². The molecule has 0 aromatic heterocycles. The molecular formula is C12H16N2O3S. The molecule has 1 unspecified atom stereocenters. The molecule has 0 aliphatic rings. The van der Waals surface area contributed by atoms with Crippen molar-refractivity contribution in [2.75, 3.05) is 5.32 Å². The molecule has 0 saturated heterocycles. The number of thiol groups is 1. The van der Waals surface area contributed by atoms with E-state index in [1.807, 2.05) is 6.07 Å². The van der Waals surface area contributed by atoms with E-state index < -0.39 is 22.8 Å². The Hall–Kier alpha value is -1.69. The van der Waals surface area contributed by atoms with Gasteiger partial charge in [0.1, 0.15) is 6.04 Å². The standard InChI is InChI=1S/C12H16N2O3S/c1-12(2,18)9(10(15)16)14-11(17)13-8-6-4-3-5-7-8/h3-7,9,18H,1-2H3,(H,15,16)(H2,13,14,17). The second-order valence-corrected chi connectivity index (χ2v) is 5.54. The lowest BCUT2D eigenvalue weighted by atomic mass is 10.0. The Morgan fingerprint density at radius 3 is 2.28 bits per heavy atom. The summed E-state index contributed by atoms with van der Waals surface area (Å²) in [5.41, 5.74) is 0.594. The number of amides is 2. The maximum Gasteiger partial charge on any atom is 0.327 e. The van der Waals surface area contributed by atoms with Crippen molar-refractivity contribution in [3.8, 4) is 0 Å². The van der Waals surface area contributed by atoms with E-state index in [1.165, 1.54) is 0 Å². The van der Waals surface area contributed by atoms with Crippen LogP contribution >= 0.6 is 12.6 Å². The van der Waals surface area contributed by atoms with Gasteiger partial charge in [-0.25, -0.2) is 9.59 Å². The Morgan fingerprint density at radius 2 is 1.83 bits per heavy atom. The van der Waals surface area contributed by atoms with Crippen molar-refractivity contribution in [2.45, 2.75) is 24.6 Å². The van der Waals surface area contributed by atoms with Gasteiger partial charge in [-0.05, 0) is 26.0 Å². The second kappa shape index (κ2) is 5.77. The van der Waals surface area contributed by atoms with E-state index in [0.717, 1.165) is 0 Å². The number of rotatable bonds is 4. The molecule has 3 N–H and O–H groups in total. The zero-order valence-electron chi connectivity index (χ0n) is 10.2. The molecule has 0 spiro atoms. The Labute approximate surface area is 111 Å². The number of carboxylic acids is 1. The van der Waals surface area contributed by atoms with E-state index in [-0.39, 0.29) is 0 Å². The number of aliphatic carboxylic acids is 1. The van der Waals surface area contributed by atoms with Gasteiger partial charge in [0.05, 0.1) is 0 Å². The fraction of sp³-hybridized carbons (Fsp3) is 0.333. The molecule has 0 radical (unpaired) electrons. The third kappa shape index (κ3) is 4.29. The summed E-state index contributed by atoms with van der Waals surface area (Å²) in [5.74, 6) is -1.13. The third-order valence-corrected chi connectivity index (χ3v) is 2.52. The highest BCUT2D eigenvalue weighted by atomic mass is 32.1. The molecule has 1 rings (SSSR count). The summed E-state index contributed by atoms with van der Waals surface area (Å²) in [4.78, 5) is 22.7. The van der Waals surface area contributed by atoms with Crippen molar-refractivity contribution in [1.82, 2.24) is 5.32 Å². The predicted octanol–water partition coefficient (Wildman–Crippen LogP) is 1.97. The highest BCUT2D eigenvalue weighted by Gasteiger charge is 2.33. The molecule has 0 aliphatic heterocycles. The van der Waals surface area contributed by atoms with Gasteiger partial charge in [0.2, 0.25) is 0 Å². The molecule has 98 valence electrons. The molecule has 0 aliphatic carbocycles. The van der Waals surface area contributed by atoms with E-state index in [0.29, 0.717) is 5.69 Å². The van der Waals surface area contributed by atoms with Crippen LogP contribution < -0.4 is 10.6 Å². The lowest BCUT2D eigenvalue weighted by Crippen LogP contribution is -2.52. The largest absolute Gasteiger partial charge is 0.480 e. The van der Waals surface area contributed by atoms with E-state index in [9.17, 15) is 9.59 Å². The molecule has 0 fully saturated rings. The minimum Gasteiger partial charge on any atom is -0.480 e. The lowest BCUT2D eigenvalue weighted by molar-refractivity contribution is -0.139. The van der Waals surface area contributed by atoms with Crippen molar-refractivity contribution < 1.29 is 14.7 Å². The molecule has 0 saturated carbocycles. The second-order valence-electron chi connectivity index (χ2n) is 4.39. The molecule has 1 aromatic carbocycles. The van der Waals surface area contributed by atoms with Crippen LogP contribution in [0, 0.1) is 0 Å². The zero-order valence-corrected chi connectivity index (χ0v) is 11.1. The first-order valence-corrected chi connectivity index (χ1v) is 5.83. The number of benzene rings is 1. The molecule has 0 bridgehead atoms. The predicted molar refractivity (Wildman–Crippen MR) is 73.1 cm³/mol. The summed E-state index contributed by atoms with van der Waals surface area (Å²) in [6, 6.07) is 7.13. The number of carboxylic acid groups (broad SMARTS) is 1. The minimum absolute atomic E-state index is 0.573. The van der Waals surface area contributed by atoms with Gasteiger partial charge in [0.25, 0.3) is 0 Å². The Balaban J connectivity index is 2.66. The number of para-hydroxylation sites is 1. The molecule has 18 heavy (non-hydrogen) atoms. The first-order chi connectivity index (χ1) is 8.30. The highest BCUT2D eigenvalue weighted by Crippen LogP contribution is 2.18. The molecular weight excluding hydrogens is 252 g/mol. The first kappa shape index (κ1) is 14.4. The summed E-state index contributed by atoms with van der Waals surface area (Å²) < 4.78 is -0.861. The fourth-order valence-corrected chi connectivity index (χ4v) is 1.54. The summed E-state index contributed by atoms with van der Waals surface area (Å²) in [6.45, 7) is 3.25. The molecule has 1 atom stereocenters. The SMILES string of the molecule is CC(C)(S)C(NC(=O)Nc1ccccc1)C(=O)O. The maximum absolute atomic E-state index is 11.7. The van der Waals surface area contributed by atoms with Crippen LogP contribution in [0.25, 0.3) is 0 Å². The number of hydrogen-bond acceptors (Lipinski definition) is 3. The Bertz CT molecular complexity index is 429. The molecule has 1 aromatic rings. The smallest absolute Gasteiger partial charge is 0.327 e. The summed E-state index contributed by atoms with van der Waals surface area (Å²) in [5, 5.41) is 14.0. The van der Waals surface area contributed by atoms with Gasteiger partial charge in [0.15, 0.2) is 0 Å². The van der Waals surface area contributed by atoms with E-state index in [1.54, 1.807) is 38.1 Å². The average Bonchev–Trinajstić information content (AvgIpc) is 2.25. The van der Waals surface area contributed by atoms with Crippen molar-refractivity contribution >= 4 is 30.3 Å². The van der Waals surface area contributed by atoms with Gasteiger partial charge < -0.3 is 15.7 Å². The molecule has 6 heteroatoms. The summed E-state index contributed by atoms with van der Waals surface area (Å²) in [6.07, 6.45) is 0. The number of carbonyl (C=O) groups is 2. The lowest BCUT2D eigenvalue weighted by Gasteiger charge is -2.26. The molecule has 2 amide bonds. The van der Waals surface area contributed by atoms with Crippen LogP contribution in [0.5, 0.6) is 0 Å².